The molecule has 2 nitrogen and oxygen atoms in total. The molecule has 0 amide bonds. The van der Waals surface area contributed by atoms with Gasteiger partial charge in [0, 0.05) is 30.6 Å². The molecule has 0 spiro atoms. The Labute approximate surface area is 156 Å². The zero-order valence-electron chi connectivity index (χ0n) is 17.6. The number of nitrogens with zero attached hydrogens (tertiary/aromatic N) is 2. The first-order valence-electron chi connectivity index (χ1n) is 10.6. The number of hydrogen-bond acceptors (Lipinski definition) is 2. The van der Waals surface area contributed by atoms with Crippen molar-refractivity contribution in [1.82, 2.24) is 9.80 Å². The van der Waals surface area contributed by atoms with Gasteiger partial charge in [0.05, 0.1) is 0 Å². The third-order valence-electron chi connectivity index (χ3n) is 6.48. The van der Waals surface area contributed by atoms with Gasteiger partial charge in [-0.2, -0.15) is 0 Å². The average Bonchev–Trinajstić information content (AvgIpc) is 3.02. The number of hydrogen-bond donors (Lipinski definition) is 0. The van der Waals surface area contributed by atoms with Gasteiger partial charge in [0.25, 0.3) is 0 Å². The standard InChI is InChI=1S/C23H40N2/c1-7-11-13-19-14-15-20(12-8-2)21(18-19)25-17-16-24(6)22(25)23(5,9-3)10-4/h16-18,22H,7-15H2,1-6H3. The maximum Gasteiger partial charge on any atom is 0.110 e. The molecule has 2 aliphatic rings. The van der Waals surface area contributed by atoms with Crippen LogP contribution in [0.3, 0.4) is 0 Å². The monoisotopic (exact) mass is 344 g/mol. The Kier molecular flexibility index (Phi) is 7.22. The van der Waals surface area contributed by atoms with Crippen LogP contribution in [0.1, 0.15) is 92.4 Å². The second-order valence-corrected chi connectivity index (χ2v) is 8.25. The molecule has 0 saturated heterocycles. The largest absolute Gasteiger partial charge is 0.358 e. The van der Waals surface area contributed by atoms with Crippen molar-refractivity contribution in [3.8, 4) is 0 Å². The van der Waals surface area contributed by atoms with Crippen LogP contribution < -0.4 is 0 Å². The minimum absolute atomic E-state index is 0.303. The number of allylic oxidation sites excluding steroid dienone is 3. The minimum atomic E-state index is 0.303. The summed E-state index contributed by atoms with van der Waals surface area (Å²) >= 11 is 0. The predicted molar refractivity (Wildman–Crippen MR) is 110 cm³/mol. The van der Waals surface area contributed by atoms with E-state index in [1.54, 1.807) is 11.1 Å². The van der Waals surface area contributed by atoms with Crippen molar-refractivity contribution in [3.63, 3.8) is 0 Å². The summed E-state index contributed by atoms with van der Waals surface area (Å²) in [6.45, 7) is 11.8. The van der Waals surface area contributed by atoms with Gasteiger partial charge < -0.3 is 9.80 Å². The fourth-order valence-electron chi connectivity index (χ4n) is 4.41. The Morgan fingerprint density at radius 2 is 1.72 bits per heavy atom. The lowest BCUT2D eigenvalue weighted by atomic mass is 9.79. The zero-order valence-corrected chi connectivity index (χ0v) is 17.6. The minimum Gasteiger partial charge on any atom is -0.358 e. The topological polar surface area (TPSA) is 6.48 Å². The van der Waals surface area contributed by atoms with Crippen molar-refractivity contribution in [3.05, 3.63) is 35.3 Å². The maximum absolute atomic E-state index is 2.60. The van der Waals surface area contributed by atoms with Crippen LogP contribution in [0.5, 0.6) is 0 Å². The highest BCUT2D eigenvalue weighted by atomic mass is 15.4. The first-order valence-corrected chi connectivity index (χ1v) is 10.6. The van der Waals surface area contributed by atoms with Gasteiger partial charge in [0.15, 0.2) is 0 Å². The molecule has 1 aliphatic heterocycles. The van der Waals surface area contributed by atoms with Crippen LogP contribution in [-0.2, 0) is 0 Å². The van der Waals surface area contributed by atoms with Crippen LogP contribution in [0.4, 0.5) is 0 Å². The van der Waals surface area contributed by atoms with E-state index in [4.69, 9.17) is 0 Å². The first kappa shape index (κ1) is 20.1. The summed E-state index contributed by atoms with van der Waals surface area (Å²) in [5.41, 5.74) is 5.14. The number of rotatable bonds is 9. The van der Waals surface area contributed by atoms with Crippen molar-refractivity contribution in [2.45, 2.75) is 98.6 Å². The summed E-state index contributed by atoms with van der Waals surface area (Å²) in [5, 5.41) is 0. The lowest BCUT2D eigenvalue weighted by Crippen LogP contribution is -2.48. The van der Waals surface area contributed by atoms with Gasteiger partial charge in [-0.3, -0.25) is 0 Å². The third-order valence-corrected chi connectivity index (χ3v) is 6.48. The Hall–Kier alpha value is -1.18. The van der Waals surface area contributed by atoms with E-state index >= 15 is 0 Å². The first-order chi connectivity index (χ1) is 12.0. The molecule has 0 N–H and O–H groups in total. The molecule has 1 unspecified atom stereocenters. The van der Waals surface area contributed by atoms with E-state index in [-0.39, 0.29) is 0 Å². The summed E-state index contributed by atoms with van der Waals surface area (Å²) in [6, 6.07) is 0. The van der Waals surface area contributed by atoms with Crippen molar-refractivity contribution in [2.24, 2.45) is 5.41 Å². The third kappa shape index (κ3) is 4.33. The second kappa shape index (κ2) is 8.96. The lowest BCUT2D eigenvalue weighted by Gasteiger charge is -2.45. The molecule has 0 fully saturated rings. The molecule has 1 heterocycles. The summed E-state index contributed by atoms with van der Waals surface area (Å²) in [6.07, 6.45) is 18.9. The molecule has 0 aromatic heterocycles. The SMILES string of the molecule is CCCCC1=CC(N2C=CN(C)C2C(C)(CC)CC)=C(CCC)CC1. The van der Waals surface area contributed by atoms with E-state index in [0.717, 1.165) is 0 Å². The fraction of sp³-hybridized carbons (Fsp3) is 0.739. The molecule has 142 valence electrons. The van der Waals surface area contributed by atoms with Crippen molar-refractivity contribution in [1.29, 1.82) is 0 Å². The van der Waals surface area contributed by atoms with Crippen molar-refractivity contribution >= 4 is 0 Å². The summed E-state index contributed by atoms with van der Waals surface area (Å²) in [7, 11) is 2.25. The molecule has 0 aromatic carbocycles. The van der Waals surface area contributed by atoms with Gasteiger partial charge >= 0.3 is 0 Å². The van der Waals surface area contributed by atoms with Gasteiger partial charge in [-0.15, -0.1) is 0 Å². The number of unbranched alkanes of at least 4 members (excludes halogenated alkanes) is 1. The van der Waals surface area contributed by atoms with Gasteiger partial charge in [-0.1, -0.05) is 53.0 Å². The van der Waals surface area contributed by atoms with E-state index in [1.165, 1.54) is 63.5 Å². The molecule has 0 radical (unpaired) electrons. The molecule has 1 aliphatic carbocycles. The normalized spacial score (nSPS) is 21.4. The van der Waals surface area contributed by atoms with Gasteiger partial charge in [0.1, 0.15) is 6.17 Å². The van der Waals surface area contributed by atoms with E-state index in [0.29, 0.717) is 11.6 Å². The highest BCUT2D eigenvalue weighted by Gasteiger charge is 2.40. The van der Waals surface area contributed by atoms with E-state index in [2.05, 4.69) is 69.9 Å². The molecular formula is C23H40N2. The second-order valence-electron chi connectivity index (χ2n) is 8.25. The Balaban J connectivity index is 2.38. The molecule has 2 rings (SSSR count). The van der Waals surface area contributed by atoms with Gasteiger partial charge in [0.2, 0.25) is 0 Å². The quantitative estimate of drug-likeness (QED) is 0.452. The van der Waals surface area contributed by atoms with Crippen LogP contribution in [0.2, 0.25) is 0 Å². The molecule has 0 saturated carbocycles. The van der Waals surface area contributed by atoms with Crippen LogP contribution in [0, 0.1) is 5.41 Å². The van der Waals surface area contributed by atoms with Gasteiger partial charge in [-0.25, -0.2) is 0 Å². The van der Waals surface area contributed by atoms with Crippen LogP contribution in [0.25, 0.3) is 0 Å². The summed E-state index contributed by atoms with van der Waals surface area (Å²) < 4.78 is 0. The molecule has 0 bridgehead atoms. The molecule has 0 aromatic rings. The van der Waals surface area contributed by atoms with E-state index < -0.39 is 0 Å². The zero-order chi connectivity index (χ0) is 18.4. The fourth-order valence-corrected chi connectivity index (χ4v) is 4.41. The maximum atomic E-state index is 2.60. The molecule has 1 atom stereocenters. The molecule has 25 heavy (non-hydrogen) atoms. The molecule has 2 heteroatoms. The highest BCUT2D eigenvalue weighted by molar-refractivity contribution is 5.36. The Morgan fingerprint density at radius 1 is 1.00 bits per heavy atom. The highest BCUT2D eigenvalue weighted by Crippen LogP contribution is 2.42. The predicted octanol–water partition coefficient (Wildman–Crippen LogP) is 6.82. The average molecular weight is 345 g/mol. The smallest absolute Gasteiger partial charge is 0.110 e. The Morgan fingerprint density at radius 3 is 2.32 bits per heavy atom. The lowest BCUT2D eigenvalue weighted by molar-refractivity contribution is 0.0521. The van der Waals surface area contributed by atoms with Crippen molar-refractivity contribution in [2.75, 3.05) is 7.05 Å². The van der Waals surface area contributed by atoms with E-state index in [9.17, 15) is 0 Å². The van der Waals surface area contributed by atoms with Crippen molar-refractivity contribution < 1.29 is 0 Å². The van der Waals surface area contributed by atoms with Crippen LogP contribution in [-0.4, -0.2) is 23.0 Å². The van der Waals surface area contributed by atoms with E-state index in [1.807, 2.05) is 0 Å². The Bertz CT molecular complexity index is 522. The van der Waals surface area contributed by atoms with Crippen LogP contribution >= 0.6 is 0 Å². The summed E-state index contributed by atoms with van der Waals surface area (Å²) in [4.78, 5) is 5.03. The molecular weight excluding hydrogens is 304 g/mol. The summed E-state index contributed by atoms with van der Waals surface area (Å²) in [5.74, 6) is 0. The van der Waals surface area contributed by atoms with Crippen LogP contribution in [0.15, 0.2) is 35.3 Å². The van der Waals surface area contributed by atoms with Gasteiger partial charge in [-0.05, 0) is 56.6 Å².